The lowest BCUT2D eigenvalue weighted by molar-refractivity contribution is 0.131. The van der Waals surface area contributed by atoms with E-state index in [-0.39, 0.29) is 0 Å². The second-order valence-corrected chi connectivity index (χ2v) is 14.1. The van der Waals surface area contributed by atoms with Crippen molar-refractivity contribution in [2.24, 2.45) is 5.92 Å². The van der Waals surface area contributed by atoms with Crippen LogP contribution in [0.25, 0.3) is 43.6 Å². The zero-order valence-corrected chi connectivity index (χ0v) is 30.3. The summed E-state index contributed by atoms with van der Waals surface area (Å²) in [5, 5.41) is 12.7. The number of aromatic nitrogens is 2. The summed E-state index contributed by atoms with van der Waals surface area (Å²) in [6, 6.07) is 21.6. The Balaban J connectivity index is 1.09. The molecule has 0 amide bonds. The molecule has 1 aliphatic carbocycles. The fourth-order valence-electron chi connectivity index (χ4n) is 6.68. The van der Waals surface area contributed by atoms with Crippen LogP contribution in [0, 0.1) is 5.92 Å². The van der Waals surface area contributed by atoms with Crippen LogP contribution in [0.15, 0.2) is 66.7 Å². The molecule has 6 aromatic rings. The van der Waals surface area contributed by atoms with E-state index >= 15 is 0 Å². The van der Waals surface area contributed by atoms with Crippen molar-refractivity contribution in [3.8, 4) is 11.5 Å². The van der Waals surface area contributed by atoms with Gasteiger partial charge in [0.2, 0.25) is 0 Å². The van der Waals surface area contributed by atoms with E-state index in [1.807, 2.05) is 60.7 Å². The van der Waals surface area contributed by atoms with E-state index in [1.54, 1.807) is 14.2 Å². The average molecular weight is 713 g/mol. The summed E-state index contributed by atoms with van der Waals surface area (Å²) in [4.78, 5) is 12.4. The zero-order chi connectivity index (χ0) is 34.6. The summed E-state index contributed by atoms with van der Waals surface area (Å²) in [7, 11) is 5.60. The van der Waals surface area contributed by atoms with E-state index in [1.165, 1.54) is 19.4 Å². The molecule has 1 saturated carbocycles. The highest BCUT2D eigenvalue weighted by Crippen LogP contribution is 2.37. The monoisotopic (exact) mass is 711 g/mol. The van der Waals surface area contributed by atoms with Gasteiger partial charge in [-0.15, -0.1) is 0 Å². The average Bonchev–Trinajstić information content (AvgIpc) is 3.94. The molecule has 0 unspecified atom stereocenters. The number of hydrogen-bond acceptors (Lipinski definition) is 8. The van der Waals surface area contributed by atoms with Crippen molar-refractivity contribution in [3.05, 3.63) is 82.3 Å². The molecule has 2 N–H and O–H groups in total. The van der Waals surface area contributed by atoms with Gasteiger partial charge in [0.15, 0.2) is 0 Å². The van der Waals surface area contributed by atoms with Gasteiger partial charge in [0, 0.05) is 56.8 Å². The molecular formula is C40H43Cl2N5O3. The van der Waals surface area contributed by atoms with Gasteiger partial charge < -0.3 is 29.7 Å². The van der Waals surface area contributed by atoms with Gasteiger partial charge in [-0.05, 0) is 112 Å². The lowest BCUT2D eigenvalue weighted by Crippen LogP contribution is -2.22. The van der Waals surface area contributed by atoms with Gasteiger partial charge in [-0.2, -0.15) is 0 Å². The molecule has 50 heavy (non-hydrogen) atoms. The van der Waals surface area contributed by atoms with Gasteiger partial charge in [0.05, 0.1) is 60.9 Å². The number of halogens is 2. The smallest absolute Gasteiger partial charge is 0.120 e. The van der Waals surface area contributed by atoms with Crippen molar-refractivity contribution in [2.45, 2.75) is 32.3 Å². The van der Waals surface area contributed by atoms with E-state index < -0.39 is 0 Å². The predicted octanol–water partition coefficient (Wildman–Crippen LogP) is 9.58. The molecule has 10 heteroatoms. The number of rotatable bonds is 16. The van der Waals surface area contributed by atoms with Gasteiger partial charge in [0.1, 0.15) is 11.5 Å². The maximum Gasteiger partial charge on any atom is 0.120 e. The van der Waals surface area contributed by atoms with E-state index in [4.69, 9.17) is 47.4 Å². The summed E-state index contributed by atoms with van der Waals surface area (Å²) in [5.74, 6) is 2.44. The third-order valence-electron chi connectivity index (χ3n) is 9.41. The van der Waals surface area contributed by atoms with Crippen LogP contribution in [0.5, 0.6) is 11.5 Å². The highest BCUT2D eigenvalue weighted by atomic mass is 35.5. The number of anilines is 2. The normalized spacial score (nSPS) is 13.2. The SMILES string of the molecule is COc1ccc2nc3cc(Cl)ccc3c(NCCOCc3cc(OC)cc4c(NCCCCN(C)CC5CC5)c5ccc(Cl)cc5nc34)c2c1. The Hall–Kier alpha value is -4.08. The molecule has 2 aromatic heterocycles. The molecule has 7 rings (SSSR count). The van der Waals surface area contributed by atoms with Crippen molar-refractivity contribution in [2.75, 3.05) is 64.7 Å². The first-order chi connectivity index (χ1) is 24.4. The molecule has 260 valence electrons. The predicted molar refractivity (Wildman–Crippen MR) is 208 cm³/mol. The Morgan fingerprint density at radius 3 is 2.12 bits per heavy atom. The largest absolute Gasteiger partial charge is 0.497 e. The van der Waals surface area contributed by atoms with Crippen LogP contribution >= 0.6 is 23.2 Å². The molecule has 0 aliphatic heterocycles. The number of benzene rings is 4. The lowest BCUT2D eigenvalue weighted by Gasteiger charge is -2.18. The van der Waals surface area contributed by atoms with Crippen LogP contribution in [0.4, 0.5) is 11.4 Å². The van der Waals surface area contributed by atoms with Gasteiger partial charge >= 0.3 is 0 Å². The molecule has 1 fully saturated rings. The Labute approximate surface area is 303 Å². The Kier molecular flexibility index (Phi) is 10.6. The molecule has 1 aliphatic rings. The molecule has 0 spiro atoms. The topological polar surface area (TPSA) is 80.8 Å². The van der Waals surface area contributed by atoms with Crippen molar-refractivity contribution in [3.63, 3.8) is 0 Å². The number of nitrogens with zero attached hydrogens (tertiary/aromatic N) is 3. The van der Waals surface area contributed by atoms with E-state index in [9.17, 15) is 0 Å². The van der Waals surface area contributed by atoms with E-state index in [0.717, 1.165) is 104 Å². The third kappa shape index (κ3) is 7.79. The number of nitrogens with one attached hydrogen (secondary N) is 2. The first kappa shape index (κ1) is 34.4. The molecule has 4 aromatic carbocycles. The van der Waals surface area contributed by atoms with Crippen LogP contribution in [-0.2, 0) is 11.3 Å². The molecule has 0 radical (unpaired) electrons. The quantitative estimate of drug-likeness (QED) is 0.0759. The minimum atomic E-state index is 0.364. The van der Waals surface area contributed by atoms with Gasteiger partial charge in [-0.1, -0.05) is 23.2 Å². The number of unbranched alkanes of at least 4 members (excludes halogenated alkanes) is 1. The maximum absolute atomic E-state index is 6.46. The number of methoxy groups -OCH3 is 2. The highest BCUT2D eigenvalue weighted by Gasteiger charge is 2.22. The minimum Gasteiger partial charge on any atom is -0.497 e. The number of ether oxygens (including phenoxy) is 3. The molecule has 0 saturated heterocycles. The van der Waals surface area contributed by atoms with Gasteiger partial charge in [0.25, 0.3) is 0 Å². The maximum atomic E-state index is 6.46. The van der Waals surface area contributed by atoms with Crippen LogP contribution in [0.2, 0.25) is 10.0 Å². The minimum absolute atomic E-state index is 0.364. The van der Waals surface area contributed by atoms with Crippen LogP contribution < -0.4 is 20.1 Å². The number of fused-ring (bicyclic) bond motifs is 4. The van der Waals surface area contributed by atoms with Crippen LogP contribution in [-0.4, -0.2) is 68.9 Å². The highest BCUT2D eigenvalue weighted by molar-refractivity contribution is 6.32. The first-order valence-electron chi connectivity index (χ1n) is 17.3. The molecular weight excluding hydrogens is 669 g/mol. The van der Waals surface area contributed by atoms with Crippen molar-refractivity contribution in [1.29, 1.82) is 0 Å². The molecule has 0 bridgehead atoms. The van der Waals surface area contributed by atoms with Gasteiger partial charge in [-0.25, -0.2) is 9.97 Å². The Bertz CT molecular complexity index is 2160. The third-order valence-corrected chi connectivity index (χ3v) is 9.88. The number of hydrogen-bond donors (Lipinski definition) is 2. The second kappa shape index (κ2) is 15.4. The van der Waals surface area contributed by atoms with Crippen molar-refractivity contribution < 1.29 is 14.2 Å². The van der Waals surface area contributed by atoms with Gasteiger partial charge in [-0.3, -0.25) is 0 Å². The Morgan fingerprint density at radius 2 is 1.40 bits per heavy atom. The molecule has 8 nitrogen and oxygen atoms in total. The molecule has 0 atom stereocenters. The fraction of sp³-hybridized carbons (Fsp3) is 0.350. The summed E-state index contributed by atoms with van der Waals surface area (Å²) >= 11 is 12.8. The summed E-state index contributed by atoms with van der Waals surface area (Å²) in [6.07, 6.45) is 4.99. The zero-order valence-electron chi connectivity index (χ0n) is 28.8. The van der Waals surface area contributed by atoms with E-state index in [0.29, 0.717) is 29.8 Å². The first-order valence-corrected chi connectivity index (χ1v) is 18.1. The Morgan fingerprint density at radius 1 is 0.720 bits per heavy atom. The standard InChI is InChI=1S/C40H43Cl2N5O3/c1-47(23-25-6-7-25)16-5-4-14-43-40-32-12-9-28(42)20-37(32)46-38-26(18-30(49-3)22-34(38)40)24-50-17-15-44-39-31-11-8-27(41)19-36(31)45-35-13-10-29(48-2)21-33(35)39/h8-13,18-22,25H,4-7,14-17,23-24H2,1-3H3,(H,43,46)(H,44,45). The van der Waals surface area contributed by atoms with Crippen LogP contribution in [0.1, 0.15) is 31.2 Å². The molecule has 2 heterocycles. The summed E-state index contributed by atoms with van der Waals surface area (Å²) in [5.41, 5.74) is 6.35. The van der Waals surface area contributed by atoms with E-state index in [2.05, 4.69) is 28.6 Å². The fourth-order valence-corrected chi connectivity index (χ4v) is 7.01. The van der Waals surface area contributed by atoms with Crippen molar-refractivity contribution >= 4 is 78.2 Å². The summed E-state index contributed by atoms with van der Waals surface area (Å²) in [6.45, 7) is 4.59. The lowest BCUT2D eigenvalue weighted by atomic mass is 10.0. The second-order valence-electron chi connectivity index (χ2n) is 13.2. The van der Waals surface area contributed by atoms with Crippen molar-refractivity contribution in [1.82, 2.24) is 14.9 Å². The number of pyridine rings is 2. The van der Waals surface area contributed by atoms with Crippen LogP contribution in [0.3, 0.4) is 0 Å². The summed E-state index contributed by atoms with van der Waals surface area (Å²) < 4.78 is 17.6.